The van der Waals surface area contributed by atoms with Gasteiger partial charge in [-0.1, -0.05) is 11.6 Å². The Kier molecular flexibility index (Phi) is 3.12. The number of rotatable bonds is 1. The minimum Gasteiger partial charge on any atom is -0.480 e. The fourth-order valence-electron chi connectivity index (χ4n) is 2.51. The first-order chi connectivity index (χ1) is 9.04. The summed E-state index contributed by atoms with van der Waals surface area (Å²) in [4.78, 5) is 13.7. The molecule has 0 bridgehead atoms. The SMILES string of the molecule is O=C(C1Cc2cc(Cl)ccc2O1)N1C[C@@H](O)[C@@H](O)C1. The molecule has 19 heavy (non-hydrogen) atoms. The van der Waals surface area contributed by atoms with E-state index in [2.05, 4.69) is 0 Å². The maximum Gasteiger partial charge on any atom is 0.264 e. The van der Waals surface area contributed by atoms with Gasteiger partial charge in [0.25, 0.3) is 5.91 Å². The number of aliphatic hydroxyl groups is 2. The summed E-state index contributed by atoms with van der Waals surface area (Å²) in [5.74, 6) is 0.464. The van der Waals surface area contributed by atoms with Gasteiger partial charge in [0.1, 0.15) is 5.75 Å². The zero-order chi connectivity index (χ0) is 13.6. The first-order valence-corrected chi connectivity index (χ1v) is 6.52. The summed E-state index contributed by atoms with van der Waals surface area (Å²) in [5, 5.41) is 19.5. The van der Waals surface area contributed by atoms with Crippen molar-refractivity contribution in [3.63, 3.8) is 0 Å². The van der Waals surface area contributed by atoms with Crippen molar-refractivity contribution in [1.82, 2.24) is 4.90 Å². The van der Waals surface area contributed by atoms with Gasteiger partial charge in [-0.3, -0.25) is 4.79 Å². The molecule has 1 amide bonds. The second kappa shape index (κ2) is 4.67. The molecule has 0 aromatic heterocycles. The molecule has 1 unspecified atom stereocenters. The molecule has 2 N–H and O–H groups in total. The number of halogens is 1. The molecular weight excluding hydrogens is 270 g/mol. The van der Waals surface area contributed by atoms with Gasteiger partial charge >= 0.3 is 0 Å². The maximum absolute atomic E-state index is 12.2. The Morgan fingerprint density at radius 3 is 2.68 bits per heavy atom. The minimum atomic E-state index is -0.873. The molecule has 0 spiro atoms. The first kappa shape index (κ1) is 12.7. The van der Waals surface area contributed by atoms with Crippen molar-refractivity contribution < 1.29 is 19.7 Å². The highest BCUT2D eigenvalue weighted by Gasteiger charge is 2.38. The first-order valence-electron chi connectivity index (χ1n) is 6.14. The smallest absolute Gasteiger partial charge is 0.264 e. The molecule has 0 radical (unpaired) electrons. The number of aliphatic hydroxyl groups excluding tert-OH is 2. The highest BCUT2D eigenvalue weighted by molar-refractivity contribution is 6.30. The number of hydrogen-bond donors (Lipinski definition) is 2. The van der Waals surface area contributed by atoms with Crippen LogP contribution in [0.5, 0.6) is 5.75 Å². The minimum absolute atomic E-state index is 0.150. The molecule has 1 aromatic rings. The topological polar surface area (TPSA) is 70.0 Å². The molecule has 2 aliphatic rings. The van der Waals surface area contributed by atoms with Crippen LogP contribution < -0.4 is 4.74 Å². The van der Waals surface area contributed by atoms with Crippen LogP contribution in [0.15, 0.2) is 18.2 Å². The zero-order valence-corrected chi connectivity index (χ0v) is 10.9. The van der Waals surface area contributed by atoms with Crippen molar-refractivity contribution in [2.24, 2.45) is 0 Å². The van der Waals surface area contributed by atoms with E-state index in [-0.39, 0.29) is 19.0 Å². The molecule has 0 saturated carbocycles. The zero-order valence-electron chi connectivity index (χ0n) is 10.1. The summed E-state index contributed by atoms with van der Waals surface area (Å²) >= 11 is 5.90. The van der Waals surface area contributed by atoms with Gasteiger partial charge in [0, 0.05) is 24.5 Å². The average molecular weight is 284 g/mol. The van der Waals surface area contributed by atoms with E-state index in [1.807, 2.05) is 0 Å². The van der Waals surface area contributed by atoms with E-state index >= 15 is 0 Å². The fourth-order valence-corrected chi connectivity index (χ4v) is 2.70. The Bertz CT molecular complexity index is 511. The second-order valence-corrected chi connectivity index (χ2v) is 5.38. The highest BCUT2D eigenvalue weighted by Crippen LogP contribution is 2.32. The van der Waals surface area contributed by atoms with E-state index in [9.17, 15) is 15.0 Å². The van der Waals surface area contributed by atoms with Gasteiger partial charge in [0.05, 0.1) is 12.2 Å². The van der Waals surface area contributed by atoms with Gasteiger partial charge in [0.15, 0.2) is 6.10 Å². The predicted molar refractivity (Wildman–Crippen MR) is 68.2 cm³/mol. The maximum atomic E-state index is 12.2. The predicted octanol–water partition coefficient (Wildman–Crippen LogP) is 0.208. The molecule has 6 heteroatoms. The third kappa shape index (κ3) is 2.29. The summed E-state index contributed by atoms with van der Waals surface area (Å²) in [6.07, 6.45) is -1.87. The Labute approximate surface area is 115 Å². The van der Waals surface area contributed by atoms with Gasteiger partial charge in [-0.15, -0.1) is 0 Å². The number of ether oxygens (including phenoxy) is 1. The van der Waals surface area contributed by atoms with E-state index in [0.717, 1.165) is 5.56 Å². The molecule has 1 fully saturated rings. The third-order valence-electron chi connectivity index (χ3n) is 3.54. The van der Waals surface area contributed by atoms with Crippen LogP contribution in [0.25, 0.3) is 0 Å². The third-order valence-corrected chi connectivity index (χ3v) is 3.78. The van der Waals surface area contributed by atoms with Gasteiger partial charge in [-0.2, -0.15) is 0 Å². The number of likely N-dealkylation sites (tertiary alicyclic amines) is 1. The quantitative estimate of drug-likeness (QED) is 0.773. The lowest BCUT2D eigenvalue weighted by Gasteiger charge is -2.19. The number of carbonyl (C=O) groups is 1. The van der Waals surface area contributed by atoms with Crippen LogP contribution in [0.3, 0.4) is 0 Å². The Morgan fingerprint density at radius 2 is 2.00 bits per heavy atom. The molecule has 2 aliphatic heterocycles. The van der Waals surface area contributed by atoms with E-state index < -0.39 is 18.3 Å². The van der Waals surface area contributed by atoms with Crippen LogP contribution in [-0.2, 0) is 11.2 Å². The molecule has 2 heterocycles. The highest BCUT2D eigenvalue weighted by atomic mass is 35.5. The number of benzene rings is 1. The number of β-amino-alcohol motifs (C(OH)–C–C–N with tert-alkyl or cyclic N) is 2. The number of hydrogen-bond acceptors (Lipinski definition) is 4. The van der Waals surface area contributed by atoms with Gasteiger partial charge < -0.3 is 19.8 Å². The average Bonchev–Trinajstić information content (AvgIpc) is 2.92. The molecular formula is C13H14ClNO4. The lowest BCUT2D eigenvalue weighted by molar-refractivity contribution is -0.137. The summed E-state index contributed by atoms with van der Waals surface area (Å²) in [6, 6.07) is 5.26. The normalized spacial score (nSPS) is 29.2. The molecule has 102 valence electrons. The summed E-state index contributed by atoms with van der Waals surface area (Å²) < 4.78 is 5.59. The largest absolute Gasteiger partial charge is 0.480 e. The van der Waals surface area contributed by atoms with Crippen molar-refractivity contribution in [3.05, 3.63) is 28.8 Å². The summed E-state index contributed by atoms with van der Waals surface area (Å²) in [5.41, 5.74) is 0.908. The Hall–Kier alpha value is -1.30. The van der Waals surface area contributed by atoms with Gasteiger partial charge in [-0.25, -0.2) is 0 Å². The molecule has 1 saturated heterocycles. The van der Waals surface area contributed by atoms with Crippen molar-refractivity contribution in [2.75, 3.05) is 13.1 Å². The van der Waals surface area contributed by atoms with Crippen LogP contribution in [0.1, 0.15) is 5.56 Å². The van der Waals surface area contributed by atoms with Crippen molar-refractivity contribution >= 4 is 17.5 Å². The lowest BCUT2D eigenvalue weighted by atomic mass is 10.1. The van der Waals surface area contributed by atoms with Gasteiger partial charge in [0.2, 0.25) is 0 Å². The number of carbonyl (C=O) groups excluding carboxylic acids is 1. The lowest BCUT2D eigenvalue weighted by Crippen LogP contribution is -2.40. The van der Waals surface area contributed by atoms with E-state index in [0.29, 0.717) is 17.2 Å². The molecule has 0 aliphatic carbocycles. The van der Waals surface area contributed by atoms with Crippen LogP contribution in [0, 0.1) is 0 Å². The summed E-state index contributed by atoms with van der Waals surface area (Å²) in [7, 11) is 0. The number of fused-ring (bicyclic) bond motifs is 1. The summed E-state index contributed by atoms with van der Waals surface area (Å²) in [6.45, 7) is 0.300. The Morgan fingerprint density at radius 1 is 1.32 bits per heavy atom. The van der Waals surface area contributed by atoms with E-state index in [1.165, 1.54) is 4.90 Å². The molecule has 3 rings (SSSR count). The molecule has 1 aromatic carbocycles. The van der Waals surface area contributed by atoms with Crippen molar-refractivity contribution in [1.29, 1.82) is 0 Å². The van der Waals surface area contributed by atoms with Gasteiger partial charge in [-0.05, 0) is 23.8 Å². The van der Waals surface area contributed by atoms with Crippen LogP contribution in [-0.4, -0.2) is 52.4 Å². The van der Waals surface area contributed by atoms with Crippen molar-refractivity contribution in [2.45, 2.75) is 24.7 Å². The van der Waals surface area contributed by atoms with Crippen LogP contribution >= 0.6 is 11.6 Å². The second-order valence-electron chi connectivity index (χ2n) is 4.94. The van der Waals surface area contributed by atoms with Crippen LogP contribution in [0.4, 0.5) is 0 Å². The number of amides is 1. The monoisotopic (exact) mass is 283 g/mol. The van der Waals surface area contributed by atoms with Crippen molar-refractivity contribution in [3.8, 4) is 5.75 Å². The van der Waals surface area contributed by atoms with Crippen LogP contribution in [0.2, 0.25) is 5.02 Å². The number of nitrogens with zero attached hydrogens (tertiary/aromatic N) is 1. The molecule has 3 atom stereocenters. The molecule has 5 nitrogen and oxygen atoms in total. The Balaban J connectivity index is 1.71. The van der Waals surface area contributed by atoms with E-state index in [4.69, 9.17) is 16.3 Å². The van der Waals surface area contributed by atoms with E-state index in [1.54, 1.807) is 18.2 Å². The fraction of sp³-hybridized carbons (Fsp3) is 0.462. The standard InChI is InChI=1S/C13H14ClNO4/c14-8-1-2-11-7(3-8)4-12(19-11)13(18)15-5-9(16)10(17)6-15/h1-3,9-10,12,16-17H,4-6H2/t9-,10+,12?.